The molecule has 3 rings (SSSR count). The molecule has 2 aromatic carbocycles. The fraction of sp³-hybridized carbons (Fsp3) is 0.0667. The molecule has 0 saturated heterocycles. The van der Waals surface area contributed by atoms with Gasteiger partial charge in [0.2, 0.25) is 0 Å². The predicted octanol–water partition coefficient (Wildman–Crippen LogP) is 2.49. The molecule has 5 nitrogen and oxygen atoms in total. The topological polar surface area (TPSA) is 64.8 Å². The number of hydrogen-bond donors (Lipinski definition) is 0. The van der Waals surface area contributed by atoms with Crippen LogP contribution in [0.25, 0.3) is 11.3 Å². The van der Waals surface area contributed by atoms with Gasteiger partial charge in [0, 0.05) is 5.56 Å². The zero-order valence-corrected chi connectivity index (χ0v) is 11.8. The Hall–Kier alpha value is -2.47. The van der Waals surface area contributed by atoms with Crippen molar-refractivity contribution in [2.24, 2.45) is 0 Å². The molecule has 0 aliphatic heterocycles. The lowest BCUT2D eigenvalue weighted by Gasteiger charge is -2.03. The summed E-state index contributed by atoms with van der Waals surface area (Å²) in [5.41, 5.74) is 0.557. The summed E-state index contributed by atoms with van der Waals surface area (Å²) >= 11 is 0. The van der Waals surface area contributed by atoms with E-state index in [2.05, 4.69) is 10.3 Å². The lowest BCUT2D eigenvalue weighted by molar-refractivity contribution is 0.577. The average Bonchev–Trinajstić information content (AvgIpc) is 3.09. The van der Waals surface area contributed by atoms with Crippen molar-refractivity contribution >= 4 is 10.0 Å². The molecule has 6 heteroatoms. The van der Waals surface area contributed by atoms with Gasteiger partial charge in [-0.15, -0.1) is 9.19 Å². The molecule has 0 N–H and O–H groups in total. The average molecular weight is 304 g/mol. The maximum absolute atomic E-state index is 12.6. The van der Waals surface area contributed by atoms with Crippen molar-refractivity contribution in [3.63, 3.8) is 0 Å². The van der Waals surface area contributed by atoms with Crippen LogP contribution in [0.1, 0.15) is 12.4 Å². The van der Waals surface area contributed by atoms with E-state index in [4.69, 9.17) is 6.85 Å². The maximum atomic E-state index is 12.6. The van der Waals surface area contributed by atoms with E-state index in [1.54, 1.807) is 12.1 Å². The highest BCUT2D eigenvalue weighted by atomic mass is 32.2. The van der Waals surface area contributed by atoms with Crippen LogP contribution in [0, 0.1) is 6.92 Å². The second kappa shape index (κ2) is 5.14. The van der Waals surface area contributed by atoms with Crippen molar-refractivity contribution in [2.75, 3.05) is 0 Å². The van der Waals surface area contributed by atoms with Crippen LogP contribution in [0.15, 0.2) is 65.6 Å². The Morgan fingerprint density at radius 1 is 1.10 bits per heavy atom. The van der Waals surface area contributed by atoms with E-state index >= 15 is 0 Å². The molecule has 21 heavy (non-hydrogen) atoms. The molecule has 0 atom stereocenters. The molecular weight excluding hydrogens is 286 g/mol. The third kappa shape index (κ3) is 2.57. The summed E-state index contributed by atoms with van der Waals surface area (Å²) in [6.07, 6.45) is 1.03. The van der Waals surface area contributed by atoms with Gasteiger partial charge in [-0.3, -0.25) is 0 Å². The van der Waals surface area contributed by atoms with Gasteiger partial charge in [-0.05, 0) is 19.1 Å². The summed E-state index contributed by atoms with van der Waals surface area (Å²) in [4.78, 5) is 0.000566. The summed E-state index contributed by atoms with van der Waals surface area (Å²) in [6, 6.07) is 3.58. The molecule has 0 amide bonds. The van der Waals surface area contributed by atoms with Gasteiger partial charge in [0.25, 0.3) is 10.0 Å². The van der Waals surface area contributed by atoms with Crippen LogP contribution in [0.5, 0.6) is 0 Å². The Labute approximate surface area is 129 Å². The van der Waals surface area contributed by atoms with E-state index in [0.29, 0.717) is 4.09 Å². The van der Waals surface area contributed by atoms with Crippen LogP contribution in [0.2, 0.25) is 0 Å². The van der Waals surface area contributed by atoms with E-state index in [-0.39, 0.29) is 16.2 Å². The van der Waals surface area contributed by atoms with E-state index in [9.17, 15) is 8.42 Å². The zero-order chi connectivity index (χ0) is 19.2. The molecule has 0 aliphatic rings. The van der Waals surface area contributed by atoms with Gasteiger partial charge < -0.3 is 0 Å². The lowest BCUT2D eigenvalue weighted by atomic mass is 10.2. The molecule has 106 valence electrons. The summed E-state index contributed by atoms with van der Waals surface area (Å²) < 4.78 is 64.7. The van der Waals surface area contributed by atoms with Crippen molar-refractivity contribution in [3.8, 4) is 11.3 Å². The third-order valence-electron chi connectivity index (χ3n) is 2.79. The number of aromatic nitrogens is 3. The van der Waals surface area contributed by atoms with Crippen molar-refractivity contribution in [1.82, 2.24) is 14.4 Å². The van der Waals surface area contributed by atoms with Crippen molar-refractivity contribution in [3.05, 3.63) is 66.2 Å². The molecular formula is C15H13N3O2S. The second-order valence-electron chi connectivity index (χ2n) is 4.29. The summed E-state index contributed by atoms with van der Waals surface area (Å²) in [5.74, 6) is 0. The largest absolute Gasteiger partial charge is 0.284 e. The number of nitrogens with zero attached hydrogens (tertiary/aromatic N) is 3. The fourth-order valence-corrected chi connectivity index (χ4v) is 2.74. The quantitative estimate of drug-likeness (QED) is 0.745. The van der Waals surface area contributed by atoms with Crippen LogP contribution < -0.4 is 0 Å². The van der Waals surface area contributed by atoms with E-state index < -0.39 is 40.2 Å². The van der Waals surface area contributed by atoms with Gasteiger partial charge >= 0.3 is 0 Å². The van der Waals surface area contributed by atoms with Crippen molar-refractivity contribution in [1.29, 1.82) is 0 Å². The number of hydrogen-bond acceptors (Lipinski definition) is 4. The molecule has 0 aliphatic carbocycles. The maximum Gasteiger partial charge on any atom is 0.284 e. The van der Waals surface area contributed by atoms with Gasteiger partial charge in [-0.2, -0.15) is 8.42 Å². The molecule has 1 aromatic heterocycles. The standard InChI is InChI=1S/C15H13N3O2S/c1-12-7-9-14(10-8-12)21(19,20)18-11-15(16-17-18)13-5-3-2-4-6-13/h2-11H,1H3/i2D,3D,4D,5D,6D. The minimum Gasteiger partial charge on any atom is -0.199 e. The van der Waals surface area contributed by atoms with E-state index in [0.717, 1.165) is 11.8 Å². The Bertz CT molecular complexity index is 1080. The van der Waals surface area contributed by atoms with Crippen LogP contribution in [-0.4, -0.2) is 22.8 Å². The first-order chi connectivity index (χ1) is 12.1. The Balaban J connectivity index is 2.14. The normalized spacial score (nSPS) is 14.8. The molecule has 0 saturated carbocycles. The first-order valence-electron chi connectivity index (χ1n) is 8.46. The van der Waals surface area contributed by atoms with Crippen molar-refractivity contribution < 1.29 is 15.3 Å². The van der Waals surface area contributed by atoms with E-state index in [1.807, 2.05) is 6.92 Å². The molecule has 3 aromatic rings. The highest BCUT2D eigenvalue weighted by molar-refractivity contribution is 7.89. The summed E-state index contributed by atoms with van der Waals surface area (Å²) in [6.45, 7) is 1.82. The van der Waals surface area contributed by atoms with Crippen molar-refractivity contribution in [2.45, 2.75) is 11.8 Å². The van der Waals surface area contributed by atoms with Crippen LogP contribution in [-0.2, 0) is 10.0 Å². The third-order valence-corrected chi connectivity index (χ3v) is 4.33. The van der Waals surface area contributed by atoms with E-state index in [1.165, 1.54) is 12.1 Å². The van der Waals surface area contributed by atoms with Gasteiger partial charge in [0.1, 0.15) is 5.69 Å². The molecule has 0 bridgehead atoms. The first kappa shape index (κ1) is 8.74. The molecule has 0 radical (unpaired) electrons. The first-order valence-corrected chi connectivity index (χ1v) is 7.40. The predicted molar refractivity (Wildman–Crippen MR) is 79.2 cm³/mol. The van der Waals surface area contributed by atoms with Gasteiger partial charge in [0.15, 0.2) is 0 Å². The smallest absolute Gasteiger partial charge is 0.199 e. The van der Waals surface area contributed by atoms with Gasteiger partial charge in [0.05, 0.1) is 17.9 Å². The lowest BCUT2D eigenvalue weighted by Crippen LogP contribution is -2.13. The minimum atomic E-state index is -4.01. The number of rotatable bonds is 3. The number of aryl methyl sites for hydroxylation is 1. The number of benzene rings is 2. The van der Waals surface area contributed by atoms with Crippen LogP contribution in [0.3, 0.4) is 0 Å². The monoisotopic (exact) mass is 304 g/mol. The molecule has 1 heterocycles. The van der Waals surface area contributed by atoms with Gasteiger partial charge in [-0.25, -0.2) is 0 Å². The molecule has 0 fully saturated rings. The molecule has 0 spiro atoms. The Kier molecular flexibility index (Phi) is 2.14. The van der Waals surface area contributed by atoms with Crippen LogP contribution in [0.4, 0.5) is 0 Å². The Morgan fingerprint density at radius 3 is 2.43 bits per heavy atom. The van der Waals surface area contributed by atoms with Crippen LogP contribution >= 0.6 is 0 Å². The zero-order valence-electron chi connectivity index (χ0n) is 16.0. The fourth-order valence-electron chi connectivity index (χ4n) is 1.68. The molecule has 0 unspecified atom stereocenters. The summed E-state index contributed by atoms with van der Waals surface area (Å²) in [7, 11) is -4.01. The second-order valence-corrected chi connectivity index (χ2v) is 6.09. The minimum absolute atomic E-state index is 0.000566. The highest BCUT2D eigenvalue weighted by Gasteiger charge is 2.19. The Morgan fingerprint density at radius 2 is 1.76 bits per heavy atom. The van der Waals surface area contributed by atoms with Gasteiger partial charge in [-0.1, -0.05) is 53.1 Å². The highest BCUT2D eigenvalue weighted by Crippen LogP contribution is 2.18. The summed E-state index contributed by atoms with van der Waals surface area (Å²) in [5, 5.41) is 7.26. The SMILES string of the molecule is [2H]c1c([2H])c([2H])c(-c2cn(S(=O)(=O)c3ccc(C)cc3)nn2)c([2H])c1[2H].